The molecule has 2 heterocycles. The summed E-state index contributed by atoms with van der Waals surface area (Å²) in [5.74, 6) is 0.847. The maximum atomic E-state index is 12.3. The van der Waals surface area contributed by atoms with Crippen LogP contribution < -0.4 is 10.1 Å². The van der Waals surface area contributed by atoms with Crippen molar-refractivity contribution < 1.29 is 14.3 Å². The minimum absolute atomic E-state index is 0.0334. The van der Waals surface area contributed by atoms with E-state index < -0.39 is 0 Å². The van der Waals surface area contributed by atoms with Crippen LogP contribution in [-0.2, 0) is 16.0 Å². The number of hydrogen-bond donors (Lipinski definition) is 1. The van der Waals surface area contributed by atoms with Gasteiger partial charge in [0.2, 0.25) is 11.8 Å². The summed E-state index contributed by atoms with van der Waals surface area (Å²) in [5, 5.41) is 5.64. The lowest BCUT2D eigenvalue weighted by molar-refractivity contribution is -0.131. The minimum Gasteiger partial charge on any atom is -0.492 e. The van der Waals surface area contributed by atoms with Crippen molar-refractivity contribution in [2.24, 2.45) is 0 Å². The molecule has 1 fully saturated rings. The third kappa shape index (κ3) is 6.24. The molecule has 1 N–H and O–H groups in total. The quantitative estimate of drug-likeness (QED) is 0.658. The molecule has 5 nitrogen and oxygen atoms in total. The van der Waals surface area contributed by atoms with Crippen molar-refractivity contribution in [1.82, 2.24) is 10.2 Å². The number of halogens is 1. The van der Waals surface area contributed by atoms with Crippen molar-refractivity contribution in [3.63, 3.8) is 0 Å². The Labute approximate surface area is 174 Å². The molecule has 1 saturated heterocycles. The Morgan fingerprint density at radius 3 is 2.68 bits per heavy atom. The molecule has 7 heteroatoms. The van der Waals surface area contributed by atoms with Gasteiger partial charge < -0.3 is 15.0 Å². The summed E-state index contributed by atoms with van der Waals surface area (Å²) in [6.45, 7) is 1.85. The molecule has 150 valence electrons. The monoisotopic (exact) mass is 420 g/mol. The molecule has 0 unspecified atom stereocenters. The van der Waals surface area contributed by atoms with Crippen LogP contribution in [0.5, 0.6) is 5.75 Å². The molecule has 0 saturated carbocycles. The molecular formula is C21H25ClN2O3S. The number of benzene rings is 1. The minimum atomic E-state index is 0.0334. The van der Waals surface area contributed by atoms with E-state index in [9.17, 15) is 9.59 Å². The average molecular weight is 421 g/mol. The largest absolute Gasteiger partial charge is 0.492 e. The molecule has 28 heavy (non-hydrogen) atoms. The van der Waals surface area contributed by atoms with Crippen molar-refractivity contribution >= 4 is 34.8 Å². The molecule has 1 aromatic carbocycles. The topological polar surface area (TPSA) is 58.6 Å². The lowest BCUT2D eigenvalue weighted by atomic mass is 10.0. The van der Waals surface area contributed by atoms with Gasteiger partial charge in [-0.05, 0) is 42.8 Å². The van der Waals surface area contributed by atoms with Crippen LogP contribution in [-0.4, -0.2) is 42.5 Å². The number of rotatable bonds is 8. The van der Waals surface area contributed by atoms with Gasteiger partial charge in [0, 0.05) is 30.4 Å². The van der Waals surface area contributed by atoms with Crippen LogP contribution in [0.2, 0.25) is 5.02 Å². The number of piperidine rings is 1. The standard InChI is InChI=1S/C21H25ClN2O3S/c22-18-6-1-2-7-19(18)27-13-3-8-20(25)23-16-9-11-24(12-10-16)21(26)15-17-5-4-14-28-17/h1-2,4-7,14,16H,3,8-13,15H2,(H,23,25). The van der Waals surface area contributed by atoms with Gasteiger partial charge in [-0.2, -0.15) is 0 Å². The van der Waals surface area contributed by atoms with Crippen LogP contribution in [0.3, 0.4) is 0 Å². The summed E-state index contributed by atoms with van der Waals surface area (Å²) < 4.78 is 5.61. The van der Waals surface area contributed by atoms with Crippen molar-refractivity contribution in [3.8, 4) is 5.75 Å². The molecule has 1 aliphatic rings. The number of thiophene rings is 1. The lowest BCUT2D eigenvalue weighted by Crippen LogP contribution is -2.46. The van der Waals surface area contributed by atoms with E-state index in [1.54, 1.807) is 17.4 Å². The number of hydrogen-bond acceptors (Lipinski definition) is 4. The van der Waals surface area contributed by atoms with Crippen LogP contribution in [0.15, 0.2) is 41.8 Å². The maximum Gasteiger partial charge on any atom is 0.227 e. The Balaban J connectivity index is 1.30. The van der Waals surface area contributed by atoms with Crippen LogP contribution in [0, 0.1) is 0 Å². The molecule has 0 radical (unpaired) electrons. The molecule has 0 bridgehead atoms. The number of nitrogens with zero attached hydrogens (tertiary/aromatic N) is 1. The van der Waals surface area contributed by atoms with Crippen molar-refractivity contribution in [2.45, 2.75) is 38.1 Å². The highest BCUT2D eigenvalue weighted by Crippen LogP contribution is 2.23. The Morgan fingerprint density at radius 1 is 1.18 bits per heavy atom. The normalized spacial score (nSPS) is 14.7. The maximum absolute atomic E-state index is 12.3. The van der Waals surface area contributed by atoms with Gasteiger partial charge in [-0.3, -0.25) is 9.59 Å². The number of nitrogens with one attached hydrogen (secondary N) is 1. The number of likely N-dealkylation sites (tertiary alicyclic amines) is 1. The van der Waals surface area contributed by atoms with E-state index in [-0.39, 0.29) is 17.9 Å². The second-order valence-electron chi connectivity index (χ2n) is 6.86. The first-order valence-electron chi connectivity index (χ1n) is 9.58. The predicted octanol–water partition coefficient (Wildman–Crippen LogP) is 3.91. The van der Waals surface area contributed by atoms with Gasteiger partial charge >= 0.3 is 0 Å². The first-order valence-corrected chi connectivity index (χ1v) is 10.8. The van der Waals surface area contributed by atoms with Crippen molar-refractivity contribution in [2.75, 3.05) is 19.7 Å². The zero-order valence-corrected chi connectivity index (χ0v) is 17.3. The molecular weight excluding hydrogens is 396 g/mol. The van der Waals surface area contributed by atoms with Gasteiger partial charge in [0.1, 0.15) is 5.75 Å². The van der Waals surface area contributed by atoms with Gasteiger partial charge in [-0.25, -0.2) is 0 Å². The van der Waals surface area contributed by atoms with Crippen LogP contribution >= 0.6 is 22.9 Å². The fraction of sp³-hybridized carbons (Fsp3) is 0.429. The summed E-state index contributed by atoms with van der Waals surface area (Å²) in [6.07, 6.45) is 3.13. The first kappa shape index (κ1) is 20.7. The number of carbonyl (C=O) groups is 2. The van der Waals surface area contributed by atoms with Gasteiger partial charge in [-0.1, -0.05) is 29.8 Å². The summed E-state index contributed by atoms with van der Waals surface area (Å²) in [4.78, 5) is 27.5. The summed E-state index contributed by atoms with van der Waals surface area (Å²) in [6, 6.07) is 11.4. The van der Waals surface area contributed by atoms with Gasteiger partial charge in [0.15, 0.2) is 0 Å². The van der Waals surface area contributed by atoms with Crippen LogP contribution in [0.4, 0.5) is 0 Å². The molecule has 0 spiro atoms. The zero-order chi connectivity index (χ0) is 19.8. The molecule has 2 aromatic rings. The van der Waals surface area contributed by atoms with Gasteiger partial charge in [0.25, 0.3) is 0 Å². The number of amides is 2. The zero-order valence-electron chi connectivity index (χ0n) is 15.7. The molecule has 3 rings (SSSR count). The second-order valence-corrected chi connectivity index (χ2v) is 8.30. The van der Waals surface area contributed by atoms with E-state index in [1.165, 1.54) is 0 Å². The third-order valence-electron chi connectivity index (χ3n) is 4.76. The molecule has 0 atom stereocenters. The summed E-state index contributed by atoms with van der Waals surface area (Å²) >= 11 is 7.65. The predicted molar refractivity (Wildman–Crippen MR) is 112 cm³/mol. The van der Waals surface area contributed by atoms with E-state index in [4.69, 9.17) is 16.3 Å². The summed E-state index contributed by atoms with van der Waals surface area (Å²) in [5.41, 5.74) is 0. The van der Waals surface area contributed by atoms with Crippen LogP contribution in [0.25, 0.3) is 0 Å². The Hall–Kier alpha value is -2.05. The fourth-order valence-electron chi connectivity index (χ4n) is 3.22. The number of carbonyl (C=O) groups excluding carboxylic acids is 2. The van der Waals surface area contributed by atoms with E-state index in [0.29, 0.717) is 49.7 Å². The molecule has 1 aromatic heterocycles. The highest BCUT2D eigenvalue weighted by atomic mass is 35.5. The Morgan fingerprint density at radius 2 is 1.96 bits per heavy atom. The van der Waals surface area contributed by atoms with Crippen molar-refractivity contribution in [1.29, 1.82) is 0 Å². The summed E-state index contributed by atoms with van der Waals surface area (Å²) in [7, 11) is 0. The average Bonchev–Trinajstić information content (AvgIpc) is 3.20. The van der Waals surface area contributed by atoms with E-state index in [2.05, 4.69) is 5.32 Å². The molecule has 1 aliphatic heterocycles. The van der Waals surface area contributed by atoms with Gasteiger partial charge in [-0.15, -0.1) is 11.3 Å². The third-order valence-corrected chi connectivity index (χ3v) is 5.95. The fourth-order valence-corrected chi connectivity index (χ4v) is 4.11. The lowest BCUT2D eigenvalue weighted by Gasteiger charge is -2.32. The van der Waals surface area contributed by atoms with E-state index in [1.807, 2.05) is 40.6 Å². The molecule has 2 amide bonds. The number of ether oxygens (including phenoxy) is 1. The highest BCUT2D eigenvalue weighted by molar-refractivity contribution is 7.10. The second kappa shape index (κ2) is 10.5. The number of para-hydroxylation sites is 1. The van der Waals surface area contributed by atoms with E-state index >= 15 is 0 Å². The Bertz CT molecular complexity index is 774. The Kier molecular flexibility index (Phi) is 7.74. The van der Waals surface area contributed by atoms with Crippen molar-refractivity contribution in [3.05, 3.63) is 51.7 Å². The van der Waals surface area contributed by atoms with Gasteiger partial charge in [0.05, 0.1) is 18.1 Å². The smallest absolute Gasteiger partial charge is 0.227 e. The highest BCUT2D eigenvalue weighted by Gasteiger charge is 2.23. The first-order chi connectivity index (χ1) is 13.6. The van der Waals surface area contributed by atoms with E-state index in [0.717, 1.165) is 17.7 Å². The molecule has 0 aliphatic carbocycles. The van der Waals surface area contributed by atoms with Crippen LogP contribution in [0.1, 0.15) is 30.6 Å². The SMILES string of the molecule is O=C(CCCOc1ccccc1Cl)NC1CCN(C(=O)Cc2cccs2)CC1.